The van der Waals surface area contributed by atoms with Crippen molar-refractivity contribution in [3.63, 3.8) is 0 Å². The first-order chi connectivity index (χ1) is 12.5. The van der Waals surface area contributed by atoms with Crippen LogP contribution in [0.15, 0.2) is 17.3 Å². The lowest BCUT2D eigenvalue weighted by Gasteiger charge is -2.23. The number of aromatic carboxylic acids is 1. The smallest absolute Gasteiger partial charge is 0.339 e. The SMILES string of the molecule is CN(C)c1c(C(=O)O)cnc2sc3c(=O)n(C4CCCCC4)cnc3c12. The van der Waals surface area contributed by atoms with Crippen LogP contribution < -0.4 is 10.5 Å². The summed E-state index contributed by atoms with van der Waals surface area (Å²) >= 11 is 1.29. The number of carboxylic acids is 1. The lowest BCUT2D eigenvalue weighted by Crippen LogP contribution is -2.26. The van der Waals surface area contributed by atoms with Crippen molar-refractivity contribution in [2.45, 2.75) is 38.1 Å². The highest BCUT2D eigenvalue weighted by atomic mass is 32.1. The Bertz CT molecular complexity index is 1060. The van der Waals surface area contributed by atoms with Gasteiger partial charge in [-0.3, -0.25) is 9.36 Å². The van der Waals surface area contributed by atoms with Crippen LogP contribution in [0, 0.1) is 0 Å². The minimum atomic E-state index is -1.04. The Balaban J connectivity index is 2.00. The maximum atomic E-state index is 13.1. The van der Waals surface area contributed by atoms with Crippen molar-refractivity contribution in [2.24, 2.45) is 0 Å². The van der Waals surface area contributed by atoms with E-state index in [1.54, 1.807) is 29.9 Å². The summed E-state index contributed by atoms with van der Waals surface area (Å²) in [5, 5.41) is 10.1. The summed E-state index contributed by atoms with van der Waals surface area (Å²) in [6.45, 7) is 0. The van der Waals surface area contributed by atoms with Crippen LogP contribution in [0.1, 0.15) is 48.5 Å². The van der Waals surface area contributed by atoms with Gasteiger partial charge in [-0.25, -0.2) is 14.8 Å². The molecule has 3 heterocycles. The van der Waals surface area contributed by atoms with Crippen LogP contribution in [-0.4, -0.2) is 39.7 Å². The van der Waals surface area contributed by atoms with Gasteiger partial charge in [0.05, 0.1) is 22.9 Å². The third-order valence-electron chi connectivity index (χ3n) is 5.05. The predicted molar refractivity (Wildman–Crippen MR) is 103 cm³/mol. The number of carboxylic acid groups (broad SMARTS) is 1. The molecule has 0 radical (unpaired) electrons. The molecule has 0 aliphatic heterocycles. The Morgan fingerprint density at radius 2 is 2.00 bits per heavy atom. The van der Waals surface area contributed by atoms with E-state index in [9.17, 15) is 14.7 Å². The standard InChI is InChI=1S/C18H20N4O3S/c1-21(2)14-11(18(24)25)8-19-16-12(14)13-15(26-16)17(23)22(9-20-13)10-6-4-3-5-7-10/h8-10H,3-7H2,1-2H3,(H,24,25). The Hall–Kier alpha value is -2.48. The molecule has 136 valence electrons. The quantitative estimate of drug-likeness (QED) is 0.759. The number of fused-ring (bicyclic) bond motifs is 3. The molecule has 4 rings (SSSR count). The molecule has 1 fully saturated rings. The van der Waals surface area contributed by atoms with Crippen molar-refractivity contribution in [2.75, 3.05) is 19.0 Å². The van der Waals surface area contributed by atoms with E-state index < -0.39 is 5.97 Å². The average Bonchev–Trinajstić information content (AvgIpc) is 3.01. The first-order valence-corrected chi connectivity index (χ1v) is 9.53. The van der Waals surface area contributed by atoms with Gasteiger partial charge in [0.1, 0.15) is 15.1 Å². The second kappa shape index (κ2) is 6.35. The molecule has 26 heavy (non-hydrogen) atoms. The Kier molecular flexibility index (Phi) is 4.14. The molecule has 3 aromatic heterocycles. The number of thiophene rings is 1. The molecule has 1 N–H and O–H groups in total. The van der Waals surface area contributed by atoms with Crippen LogP contribution in [0.25, 0.3) is 20.4 Å². The average molecular weight is 372 g/mol. The molecule has 0 amide bonds. The van der Waals surface area contributed by atoms with Crippen LogP contribution in [0.3, 0.4) is 0 Å². The lowest BCUT2D eigenvalue weighted by molar-refractivity contribution is 0.0697. The molecule has 0 bridgehead atoms. The molecule has 0 unspecified atom stereocenters. The molecule has 3 aromatic rings. The number of anilines is 1. The van der Waals surface area contributed by atoms with E-state index in [-0.39, 0.29) is 17.2 Å². The first kappa shape index (κ1) is 17.0. The fraction of sp³-hybridized carbons (Fsp3) is 0.444. The molecule has 0 spiro atoms. The van der Waals surface area contributed by atoms with Crippen molar-refractivity contribution >= 4 is 43.4 Å². The zero-order valence-electron chi connectivity index (χ0n) is 14.7. The highest BCUT2D eigenvalue weighted by molar-refractivity contribution is 7.25. The van der Waals surface area contributed by atoms with Gasteiger partial charge in [0, 0.05) is 26.3 Å². The number of aromatic nitrogens is 3. The van der Waals surface area contributed by atoms with Gasteiger partial charge in [-0.15, -0.1) is 11.3 Å². The minimum absolute atomic E-state index is 0.0496. The predicted octanol–water partition coefficient (Wildman–Crippen LogP) is 3.28. The third-order valence-corrected chi connectivity index (χ3v) is 6.13. The van der Waals surface area contributed by atoms with E-state index in [0.29, 0.717) is 26.1 Å². The lowest BCUT2D eigenvalue weighted by atomic mass is 9.95. The molecule has 0 atom stereocenters. The Morgan fingerprint density at radius 1 is 1.27 bits per heavy atom. The number of hydrogen-bond donors (Lipinski definition) is 1. The van der Waals surface area contributed by atoms with E-state index in [1.807, 2.05) is 0 Å². The molecule has 7 nitrogen and oxygen atoms in total. The van der Waals surface area contributed by atoms with E-state index >= 15 is 0 Å². The van der Waals surface area contributed by atoms with Crippen molar-refractivity contribution < 1.29 is 9.90 Å². The zero-order chi connectivity index (χ0) is 18.4. The monoisotopic (exact) mass is 372 g/mol. The fourth-order valence-electron chi connectivity index (χ4n) is 3.83. The molecule has 0 aromatic carbocycles. The number of nitrogens with zero attached hydrogens (tertiary/aromatic N) is 4. The fourth-order valence-corrected chi connectivity index (χ4v) is 4.87. The molecule has 1 saturated carbocycles. The highest BCUT2D eigenvalue weighted by Crippen LogP contribution is 2.38. The van der Waals surface area contributed by atoms with Gasteiger partial charge in [-0.2, -0.15) is 0 Å². The van der Waals surface area contributed by atoms with Gasteiger partial charge >= 0.3 is 5.97 Å². The van der Waals surface area contributed by atoms with E-state index in [4.69, 9.17) is 0 Å². The third kappa shape index (κ3) is 2.56. The Morgan fingerprint density at radius 3 is 2.65 bits per heavy atom. The second-order valence-electron chi connectivity index (χ2n) is 6.93. The zero-order valence-corrected chi connectivity index (χ0v) is 15.5. The molecule has 1 aliphatic carbocycles. The second-order valence-corrected chi connectivity index (χ2v) is 7.93. The van der Waals surface area contributed by atoms with Crippen molar-refractivity contribution in [3.05, 3.63) is 28.4 Å². The Labute approximate surface area is 153 Å². The maximum absolute atomic E-state index is 13.1. The topological polar surface area (TPSA) is 88.3 Å². The van der Waals surface area contributed by atoms with Crippen LogP contribution in [0.4, 0.5) is 5.69 Å². The largest absolute Gasteiger partial charge is 0.478 e. The molecular formula is C18H20N4O3S. The van der Waals surface area contributed by atoms with Gasteiger partial charge in [-0.05, 0) is 12.8 Å². The molecule has 8 heteroatoms. The highest BCUT2D eigenvalue weighted by Gasteiger charge is 2.24. The van der Waals surface area contributed by atoms with Crippen LogP contribution in [0.2, 0.25) is 0 Å². The van der Waals surface area contributed by atoms with Crippen LogP contribution >= 0.6 is 11.3 Å². The van der Waals surface area contributed by atoms with E-state index in [1.165, 1.54) is 24.0 Å². The molecule has 0 saturated heterocycles. The number of rotatable bonds is 3. The summed E-state index contributed by atoms with van der Waals surface area (Å²) < 4.78 is 2.30. The van der Waals surface area contributed by atoms with Gasteiger partial charge in [-0.1, -0.05) is 19.3 Å². The van der Waals surface area contributed by atoms with E-state index in [2.05, 4.69) is 9.97 Å². The summed E-state index contributed by atoms with van der Waals surface area (Å²) in [6.07, 6.45) is 8.48. The summed E-state index contributed by atoms with van der Waals surface area (Å²) in [4.78, 5) is 35.9. The van der Waals surface area contributed by atoms with Crippen molar-refractivity contribution in [1.29, 1.82) is 0 Å². The maximum Gasteiger partial charge on any atom is 0.339 e. The first-order valence-electron chi connectivity index (χ1n) is 8.72. The van der Waals surface area contributed by atoms with Gasteiger partial charge < -0.3 is 10.0 Å². The molecule has 1 aliphatic rings. The number of carbonyl (C=O) groups is 1. The molecular weight excluding hydrogens is 352 g/mol. The number of hydrogen-bond acceptors (Lipinski definition) is 6. The summed E-state index contributed by atoms with van der Waals surface area (Å²) in [5.74, 6) is -1.04. The normalized spacial score (nSPS) is 15.6. The summed E-state index contributed by atoms with van der Waals surface area (Å²) in [6, 6.07) is 0.203. The number of pyridine rings is 1. The van der Waals surface area contributed by atoms with Crippen molar-refractivity contribution in [3.8, 4) is 0 Å². The van der Waals surface area contributed by atoms with E-state index in [0.717, 1.165) is 25.7 Å². The summed E-state index contributed by atoms with van der Waals surface area (Å²) in [5.41, 5.74) is 1.14. The minimum Gasteiger partial charge on any atom is -0.478 e. The van der Waals surface area contributed by atoms with Gasteiger partial charge in [0.2, 0.25) is 0 Å². The summed E-state index contributed by atoms with van der Waals surface area (Å²) in [7, 11) is 3.57. The van der Waals surface area contributed by atoms with Gasteiger partial charge in [0.25, 0.3) is 5.56 Å². The van der Waals surface area contributed by atoms with Crippen molar-refractivity contribution in [1.82, 2.24) is 14.5 Å². The van der Waals surface area contributed by atoms with Crippen LogP contribution in [-0.2, 0) is 0 Å². The van der Waals surface area contributed by atoms with Crippen LogP contribution in [0.5, 0.6) is 0 Å². The van der Waals surface area contributed by atoms with Gasteiger partial charge in [0.15, 0.2) is 0 Å².